The smallest absolute Gasteiger partial charge is 0.0420 e. The van der Waals surface area contributed by atoms with Crippen molar-refractivity contribution in [3.05, 3.63) is 33.3 Å². The average Bonchev–Trinajstić information content (AvgIpc) is 2.15. The Labute approximate surface area is 111 Å². The van der Waals surface area contributed by atoms with Crippen LogP contribution in [0.5, 0.6) is 0 Å². The summed E-state index contributed by atoms with van der Waals surface area (Å²) in [5, 5.41) is 0.740. The summed E-state index contributed by atoms with van der Waals surface area (Å²) in [5.74, 6) is 0.748. The van der Waals surface area contributed by atoms with E-state index in [-0.39, 0.29) is 6.04 Å². The van der Waals surface area contributed by atoms with E-state index < -0.39 is 0 Å². The maximum Gasteiger partial charge on any atom is 0.0420 e. The van der Waals surface area contributed by atoms with Gasteiger partial charge < -0.3 is 5.73 Å². The molecule has 2 N–H and O–H groups in total. The zero-order chi connectivity index (χ0) is 12.1. The van der Waals surface area contributed by atoms with Crippen molar-refractivity contribution < 1.29 is 0 Å². The summed E-state index contributed by atoms with van der Waals surface area (Å²) in [7, 11) is 0. The number of hydrogen-bond acceptors (Lipinski definition) is 1. The van der Waals surface area contributed by atoms with Gasteiger partial charge in [0.15, 0.2) is 0 Å². The van der Waals surface area contributed by atoms with E-state index in [9.17, 15) is 0 Å². The van der Waals surface area contributed by atoms with Crippen LogP contribution in [0, 0.1) is 5.92 Å². The maximum absolute atomic E-state index is 6.14. The lowest BCUT2D eigenvalue weighted by Gasteiger charge is -2.13. The Kier molecular flexibility index (Phi) is 5.81. The normalized spacial score (nSPS) is 13.1. The molecule has 0 amide bonds. The molecule has 0 spiro atoms. The fourth-order valence-corrected chi connectivity index (χ4v) is 2.59. The summed E-state index contributed by atoms with van der Waals surface area (Å²) in [4.78, 5) is 0. The van der Waals surface area contributed by atoms with Gasteiger partial charge in [0.25, 0.3) is 0 Å². The lowest BCUT2D eigenvalue weighted by atomic mass is 9.99. The molecular formula is C13H19BrClN. The fraction of sp³-hybridized carbons (Fsp3) is 0.538. The van der Waals surface area contributed by atoms with E-state index in [0.29, 0.717) is 0 Å². The molecule has 1 aromatic carbocycles. The van der Waals surface area contributed by atoms with Crippen molar-refractivity contribution in [2.75, 3.05) is 0 Å². The number of rotatable bonds is 5. The molecule has 0 aliphatic heterocycles. The first kappa shape index (κ1) is 14.0. The molecule has 0 fully saturated rings. The van der Waals surface area contributed by atoms with E-state index in [2.05, 4.69) is 29.8 Å². The van der Waals surface area contributed by atoms with Gasteiger partial charge in [0, 0.05) is 15.5 Å². The first-order chi connectivity index (χ1) is 7.49. The third kappa shape index (κ3) is 4.86. The molecule has 1 rings (SSSR count). The number of hydrogen-bond donors (Lipinski definition) is 1. The van der Waals surface area contributed by atoms with Crippen LogP contribution >= 0.6 is 27.5 Å². The topological polar surface area (TPSA) is 26.0 Å². The first-order valence-electron chi connectivity index (χ1n) is 5.70. The van der Waals surface area contributed by atoms with Crippen LogP contribution in [0.4, 0.5) is 0 Å². The molecular weight excluding hydrogens is 286 g/mol. The van der Waals surface area contributed by atoms with Crippen molar-refractivity contribution in [1.82, 2.24) is 0 Å². The Hall–Kier alpha value is -0.0500. The minimum atomic E-state index is 0.0914. The van der Waals surface area contributed by atoms with Gasteiger partial charge in [-0.05, 0) is 36.1 Å². The van der Waals surface area contributed by atoms with Gasteiger partial charge in [-0.1, -0.05) is 54.2 Å². The standard InChI is InChI=1S/C13H19BrClN/c1-9(2)4-3-5-13(16)10-6-11(14)8-12(15)7-10/h6-9,13H,3-5,16H2,1-2H3. The minimum Gasteiger partial charge on any atom is -0.324 e. The molecule has 0 bridgehead atoms. The quantitative estimate of drug-likeness (QED) is 0.820. The Balaban J connectivity index is 2.55. The van der Waals surface area contributed by atoms with Gasteiger partial charge in [0.1, 0.15) is 0 Å². The van der Waals surface area contributed by atoms with Crippen LogP contribution in [0.15, 0.2) is 22.7 Å². The second-order valence-corrected chi connectivity index (χ2v) is 5.99. The van der Waals surface area contributed by atoms with Gasteiger partial charge in [-0.2, -0.15) is 0 Å². The molecule has 1 unspecified atom stereocenters. The monoisotopic (exact) mass is 303 g/mol. The molecule has 3 heteroatoms. The number of halogens is 2. The highest BCUT2D eigenvalue weighted by atomic mass is 79.9. The molecule has 0 aromatic heterocycles. The second kappa shape index (κ2) is 6.63. The zero-order valence-corrected chi connectivity index (χ0v) is 12.2. The Morgan fingerprint density at radius 2 is 1.94 bits per heavy atom. The van der Waals surface area contributed by atoms with Gasteiger partial charge in [-0.25, -0.2) is 0 Å². The lowest BCUT2D eigenvalue weighted by Crippen LogP contribution is -2.10. The predicted molar refractivity (Wildman–Crippen MR) is 74.8 cm³/mol. The van der Waals surface area contributed by atoms with E-state index in [1.807, 2.05) is 18.2 Å². The van der Waals surface area contributed by atoms with Gasteiger partial charge in [0.05, 0.1) is 0 Å². The van der Waals surface area contributed by atoms with Crippen LogP contribution in [0.25, 0.3) is 0 Å². The Morgan fingerprint density at radius 1 is 1.25 bits per heavy atom. The van der Waals surface area contributed by atoms with Gasteiger partial charge in [-0.15, -0.1) is 0 Å². The Bertz CT molecular complexity index is 318. The van der Waals surface area contributed by atoms with Crippen molar-refractivity contribution >= 4 is 27.5 Å². The molecule has 0 aliphatic carbocycles. The largest absolute Gasteiger partial charge is 0.324 e. The van der Waals surface area contributed by atoms with Gasteiger partial charge in [0.2, 0.25) is 0 Å². The summed E-state index contributed by atoms with van der Waals surface area (Å²) in [6.45, 7) is 4.48. The summed E-state index contributed by atoms with van der Waals surface area (Å²) in [5.41, 5.74) is 7.25. The average molecular weight is 305 g/mol. The van der Waals surface area contributed by atoms with Crippen LogP contribution in [-0.2, 0) is 0 Å². The van der Waals surface area contributed by atoms with Crippen molar-refractivity contribution in [3.63, 3.8) is 0 Å². The molecule has 0 saturated carbocycles. The fourth-order valence-electron chi connectivity index (χ4n) is 1.70. The number of benzene rings is 1. The molecule has 16 heavy (non-hydrogen) atoms. The SMILES string of the molecule is CC(C)CCCC(N)c1cc(Cl)cc(Br)c1. The second-order valence-electron chi connectivity index (χ2n) is 4.63. The van der Waals surface area contributed by atoms with Crippen LogP contribution in [-0.4, -0.2) is 0 Å². The van der Waals surface area contributed by atoms with Crippen molar-refractivity contribution in [2.45, 2.75) is 39.2 Å². The van der Waals surface area contributed by atoms with Crippen LogP contribution in [0.1, 0.15) is 44.7 Å². The molecule has 0 saturated heterocycles. The van der Waals surface area contributed by atoms with Crippen molar-refractivity contribution in [3.8, 4) is 0 Å². The van der Waals surface area contributed by atoms with E-state index in [4.69, 9.17) is 17.3 Å². The van der Waals surface area contributed by atoms with Gasteiger partial charge >= 0.3 is 0 Å². The van der Waals surface area contributed by atoms with Crippen LogP contribution in [0.2, 0.25) is 5.02 Å². The van der Waals surface area contributed by atoms with Crippen molar-refractivity contribution in [1.29, 1.82) is 0 Å². The predicted octanol–water partition coefficient (Wildman–Crippen LogP) is 4.93. The minimum absolute atomic E-state index is 0.0914. The molecule has 0 heterocycles. The van der Waals surface area contributed by atoms with Crippen LogP contribution in [0.3, 0.4) is 0 Å². The van der Waals surface area contributed by atoms with Gasteiger partial charge in [-0.3, -0.25) is 0 Å². The molecule has 1 aromatic rings. The van der Waals surface area contributed by atoms with Crippen molar-refractivity contribution in [2.24, 2.45) is 11.7 Å². The number of nitrogens with two attached hydrogens (primary N) is 1. The van der Waals surface area contributed by atoms with E-state index in [1.54, 1.807) is 0 Å². The molecule has 1 atom stereocenters. The zero-order valence-electron chi connectivity index (χ0n) is 9.84. The third-order valence-electron chi connectivity index (χ3n) is 2.61. The highest BCUT2D eigenvalue weighted by molar-refractivity contribution is 9.10. The molecule has 1 nitrogen and oxygen atoms in total. The molecule has 0 radical (unpaired) electrons. The Morgan fingerprint density at radius 3 is 2.50 bits per heavy atom. The van der Waals surface area contributed by atoms with E-state index in [1.165, 1.54) is 12.8 Å². The summed E-state index contributed by atoms with van der Waals surface area (Å²) < 4.78 is 0.995. The highest BCUT2D eigenvalue weighted by Gasteiger charge is 2.08. The lowest BCUT2D eigenvalue weighted by molar-refractivity contribution is 0.505. The van der Waals surface area contributed by atoms with E-state index in [0.717, 1.165) is 27.4 Å². The van der Waals surface area contributed by atoms with E-state index >= 15 is 0 Å². The summed E-state index contributed by atoms with van der Waals surface area (Å²) in [6.07, 6.45) is 3.42. The first-order valence-corrected chi connectivity index (χ1v) is 6.87. The van der Waals surface area contributed by atoms with Crippen LogP contribution < -0.4 is 5.73 Å². The molecule has 90 valence electrons. The maximum atomic E-state index is 6.14. The third-order valence-corrected chi connectivity index (χ3v) is 3.29. The summed E-state index contributed by atoms with van der Waals surface area (Å²) in [6, 6.07) is 5.97. The summed E-state index contributed by atoms with van der Waals surface area (Å²) >= 11 is 9.43. The molecule has 0 aliphatic rings. The highest BCUT2D eigenvalue weighted by Crippen LogP contribution is 2.25.